The number of unbranched alkanes of at least 4 members (excludes halogenated alkanes) is 8. The molecule has 0 spiro atoms. The summed E-state index contributed by atoms with van der Waals surface area (Å²) in [4.78, 5) is 12.2. The summed E-state index contributed by atoms with van der Waals surface area (Å²) in [6, 6.07) is 0. The van der Waals surface area contributed by atoms with E-state index in [-0.39, 0.29) is 11.8 Å². The molecule has 0 saturated carbocycles. The SMILES string of the molecule is CCCCCCCCC(CCCCCC)C(=O)N(O)CC. The molecule has 1 unspecified atom stereocenters. The molecule has 0 aromatic carbocycles. The molecular formula is C18H37NO2. The van der Waals surface area contributed by atoms with Crippen LogP contribution < -0.4 is 0 Å². The zero-order valence-corrected chi connectivity index (χ0v) is 14.6. The smallest absolute Gasteiger partial charge is 0.249 e. The van der Waals surface area contributed by atoms with Gasteiger partial charge in [-0.15, -0.1) is 0 Å². The molecule has 126 valence electrons. The number of hydroxylamine groups is 2. The van der Waals surface area contributed by atoms with Gasteiger partial charge in [0.1, 0.15) is 0 Å². The van der Waals surface area contributed by atoms with Crippen molar-refractivity contribution in [2.45, 2.75) is 97.8 Å². The van der Waals surface area contributed by atoms with Gasteiger partial charge in [-0.2, -0.15) is 0 Å². The van der Waals surface area contributed by atoms with Gasteiger partial charge in [0.05, 0.1) is 0 Å². The zero-order chi connectivity index (χ0) is 15.9. The first-order valence-corrected chi connectivity index (χ1v) is 9.17. The molecular weight excluding hydrogens is 262 g/mol. The van der Waals surface area contributed by atoms with Gasteiger partial charge in [-0.25, -0.2) is 5.06 Å². The van der Waals surface area contributed by atoms with Crippen LogP contribution in [0.15, 0.2) is 0 Å². The van der Waals surface area contributed by atoms with Crippen molar-refractivity contribution >= 4 is 5.91 Å². The molecule has 0 aromatic heterocycles. The first kappa shape index (κ1) is 20.4. The van der Waals surface area contributed by atoms with Crippen LogP contribution in [0.1, 0.15) is 97.8 Å². The molecule has 0 bridgehead atoms. The third kappa shape index (κ3) is 10.8. The first-order chi connectivity index (χ1) is 10.2. The summed E-state index contributed by atoms with van der Waals surface area (Å²) in [6.07, 6.45) is 14.2. The molecule has 0 rings (SSSR count). The van der Waals surface area contributed by atoms with Gasteiger partial charge < -0.3 is 0 Å². The highest BCUT2D eigenvalue weighted by Gasteiger charge is 2.21. The van der Waals surface area contributed by atoms with Crippen molar-refractivity contribution in [1.29, 1.82) is 0 Å². The zero-order valence-electron chi connectivity index (χ0n) is 14.6. The Labute approximate surface area is 132 Å². The number of rotatable bonds is 14. The molecule has 1 amide bonds. The van der Waals surface area contributed by atoms with E-state index in [9.17, 15) is 10.0 Å². The number of amides is 1. The van der Waals surface area contributed by atoms with Crippen LogP contribution in [0.3, 0.4) is 0 Å². The standard InChI is InChI=1S/C18H37NO2/c1-4-7-9-11-12-14-16-17(15-13-10-8-5-2)18(20)19(21)6-3/h17,21H,4-16H2,1-3H3. The molecule has 0 aliphatic rings. The monoisotopic (exact) mass is 299 g/mol. The number of hydrogen-bond acceptors (Lipinski definition) is 2. The van der Waals surface area contributed by atoms with Gasteiger partial charge in [0.15, 0.2) is 0 Å². The minimum Gasteiger partial charge on any atom is -0.286 e. The Morgan fingerprint density at radius 1 is 0.810 bits per heavy atom. The van der Waals surface area contributed by atoms with Gasteiger partial charge in [0, 0.05) is 12.5 Å². The lowest BCUT2D eigenvalue weighted by Crippen LogP contribution is -2.33. The van der Waals surface area contributed by atoms with Gasteiger partial charge in [-0.05, 0) is 19.8 Å². The first-order valence-electron chi connectivity index (χ1n) is 9.17. The van der Waals surface area contributed by atoms with E-state index in [1.165, 1.54) is 51.4 Å². The van der Waals surface area contributed by atoms with Crippen molar-refractivity contribution in [2.24, 2.45) is 5.92 Å². The summed E-state index contributed by atoms with van der Waals surface area (Å²) >= 11 is 0. The fraction of sp³-hybridized carbons (Fsp3) is 0.944. The summed E-state index contributed by atoms with van der Waals surface area (Å²) in [6.45, 7) is 6.63. The molecule has 0 aliphatic carbocycles. The highest BCUT2D eigenvalue weighted by atomic mass is 16.5. The third-order valence-corrected chi connectivity index (χ3v) is 4.22. The van der Waals surface area contributed by atoms with Crippen LogP contribution in [-0.2, 0) is 4.79 Å². The highest BCUT2D eigenvalue weighted by Crippen LogP contribution is 2.20. The van der Waals surface area contributed by atoms with Crippen LogP contribution in [0.4, 0.5) is 0 Å². The maximum Gasteiger partial charge on any atom is 0.249 e. The summed E-state index contributed by atoms with van der Waals surface area (Å²) < 4.78 is 0. The molecule has 0 radical (unpaired) electrons. The minimum absolute atomic E-state index is 0.0259. The lowest BCUT2D eigenvalue weighted by Gasteiger charge is -2.21. The Kier molecular flexibility index (Phi) is 14.0. The Bertz CT molecular complexity index is 243. The van der Waals surface area contributed by atoms with Crippen molar-refractivity contribution < 1.29 is 10.0 Å². The summed E-state index contributed by atoms with van der Waals surface area (Å²) in [5.74, 6) is -0.0412. The Morgan fingerprint density at radius 2 is 1.24 bits per heavy atom. The normalized spacial score (nSPS) is 12.4. The Morgan fingerprint density at radius 3 is 1.71 bits per heavy atom. The molecule has 1 N–H and O–H groups in total. The fourth-order valence-corrected chi connectivity index (χ4v) is 2.75. The van der Waals surface area contributed by atoms with E-state index in [4.69, 9.17) is 0 Å². The quantitative estimate of drug-likeness (QED) is 0.259. The van der Waals surface area contributed by atoms with Gasteiger partial charge in [-0.3, -0.25) is 10.0 Å². The van der Waals surface area contributed by atoms with E-state index in [1.54, 1.807) is 0 Å². The predicted molar refractivity (Wildman–Crippen MR) is 89.4 cm³/mol. The lowest BCUT2D eigenvalue weighted by atomic mass is 9.93. The van der Waals surface area contributed by atoms with Crippen LogP contribution in [0.25, 0.3) is 0 Å². The molecule has 1 atom stereocenters. The highest BCUT2D eigenvalue weighted by molar-refractivity contribution is 5.77. The van der Waals surface area contributed by atoms with E-state index < -0.39 is 0 Å². The van der Waals surface area contributed by atoms with Crippen molar-refractivity contribution in [3.63, 3.8) is 0 Å². The van der Waals surface area contributed by atoms with E-state index in [0.29, 0.717) is 6.54 Å². The number of nitrogens with zero attached hydrogens (tertiary/aromatic N) is 1. The second-order valence-corrected chi connectivity index (χ2v) is 6.16. The van der Waals surface area contributed by atoms with Crippen LogP contribution in [0.2, 0.25) is 0 Å². The maximum absolute atomic E-state index is 12.2. The van der Waals surface area contributed by atoms with Gasteiger partial charge >= 0.3 is 0 Å². The second-order valence-electron chi connectivity index (χ2n) is 6.16. The van der Waals surface area contributed by atoms with Crippen LogP contribution in [-0.4, -0.2) is 22.7 Å². The van der Waals surface area contributed by atoms with E-state index in [2.05, 4.69) is 13.8 Å². The van der Waals surface area contributed by atoms with E-state index in [1.807, 2.05) is 6.92 Å². The molecule has 21 heavy (non-hydrogen) atoms. The summed E-state index contributed by atoms with van der Waals surface area (Å²) in [7, 11) is 0. The largest absolute Gasteiger partial charge is 0.286 e. The van der Waals surface area contributed by atoms with Crippen molar-refractivity contribution in [3.8, 4) is 0 Å². The second kappa shape index (κ2) is 14.4. The topological polar surface area (TPSA) is 40.5 Å². The summed E-state index contributed by atoms with van der Waals surface area (Å²) in [5, 5.41) is 10.6. The van der Waals surface area contributed by atoms with Crippen LogP contribution in [0, 0.1) is 5.92 Å². The molecule has 0 fully saturated rings. The number of hydrogen-bond donors (Lipinski definition) is 1. The van der Waals surface area contributed by atoms with Crippen molar-refractivity contribution in [2.75, 3.05) is 6.54 Å². The third-order valence-electron chi connectivity index (χ3n) is 4.22. The lowest BCUT2D eigenvalue weighted by molar-refractivity contribution is -0.169. The fourth-order valence-electron chi connectivity index (χ4n) is 2.75. The maximum atomic E-state index is 12.2. The number of carbonyl (C=O) groups is 1. The van der Waals surface area contributed by atoms with Crippen molar-refractivity contribution in [3.05, 3.63) is 0 Å². The van der Waals surface area contributed by atoms with Crippen molar-refractivity contribution in [1.82, 2.24) is 5.06 Å². The van der Waals surface area contributed by atoms with E-state index >= 15 is 0 Å². The van der Waals surface area contributed by atoms with Crippen LogP contribution >= 0.6 is 0 Å². The average Bonchev–Trinajstić information content (AvgIpc) is 2.51. The molecule has 3 nitrogen and oxygen atoms in total. The summed E-state index contributed by atoms with van der Waals surface area (Å²) in [5.41, 5.74) is 0. The molecule has 0 aliphatic heterocycles. The van der Waals surface area contributed by atoms with Gasteiger partial charge in [0.2, 0.25) is 5.91 Å². The van der Waals surface area contributed by atoms with Crippen LogP contribution in [0.5, 0.6) is 0 Å². The average molecular weight is 299 g/mol. The van der Waals surface area contributed by atoms with E-state index in [0.717, 1.165) is 30.7 Å². The van der Waals surface area contributed by atoms with Gasteiger partial charge in [0.25, 0.3) is 0 Å². The Hall–Kier alpha value is -0.570. The Balaban J connectivity index is 4.03. The number of carbonyl (C=O) groups excluding carboxylic acids is 1. The predicted octanol–water partition coefficient (Wildman–Crippen LogP) is 5.56. The molecule has 3 heteroatoms. The van der Waals surface area contributed by atoms with Gasteiger partial charge in [-0.1, -0.05) is 78.1 Å². The minimum atomic E-state index is -0.0671. The molecule has 0 saturated heterocycles. The molecule has 0 aromatic rings. The molecule has 0 heterocycles.